The molecule has 1 N–H and O–H groups in total. The zero-order valence-electron chi connectivity index (χ0n) is 18.1. The SMILES string of the molecule is C=CCCC1(CCC)OCc2c(/C=C/CCC3(CCC)CCNC3)cccc21. The maximum Gasteiger partial charge on any atom is 0.0942 e. The molecular weight excluding hydrogens is 342 g/mol. The zero-order chi connectivity index (χ0) is 19.9. The molecule has 2 nitrogen and oxygen atoms in total. The van der Waals surface area contributed by atoms with E-state index < -0.39 is 0 Å². The van der Waals surface area contributed by atoms with E-state index in [4.69, 9.17) is 4.74 Å². The minimum absolute atomic E-state index is 0.108. The maximum atomic E-state index is 6.44. The van der Waals surface area contributed by atoms with Crippen molar-refractivity contribution in [1.29, 1.82) is 0 Å². The summed E-state index contributed by atoms with van der Waals surface area (Å²) in [5.41, 5.74) is 4.59. The van der Waals surface area contributed by atoms with Gasteiger partial charge in [0.25, 0.3) is 0 Å². The number of ether oxygens (including phenoxy) is 1. The minimum atomic E-state index is -0.108. The van der Waals surface area contributed by atoms with Gasteiger partial charge >= 0.3 is 0 Å². The quantitative estimate of drug-likeness (QED) is 0.428. The number of benzene rings is 1. The van der Waals surface area contributed by atoms with Crippen LogP contribution in [0.2, 0.25) is 0 Å². The Morgan fingerprint density at radius 3 is 2.68 bits per heavy atom. The van der Waals surface area contributed by atoms with Crippen molar-refractivity contribution in [3.05, 3.63) is 53.6 Å². The fourth-order valence-corrected chi connectivity index (χ4v) is 5.39. The molecule has 1 aromatic carbocycles. The van der Waals surface area contributed by atoms with Gasteiger partial charge in [-0.25, -0.2) is 0 Å². The van der Waals surface area contributed by atoms with Gasteiger partial charge in [0.05, 0.1) is 12.2 Å². The first-order valence-corrected chi connectivity index (χ1v) is 11.4. The van der Waals surface area contributed by atoms with Crippen LogP contribution in [0.25, 0.3) is 6.08 Å². The summed E-state index contributed by atoms with van der Waals surface area (Å²) in [5.74, 6) is 0. The lowest BCUT2D eigenvalue weighted by atomic mass is 9.78. The van der Waals surface area contributed by atoms with Crippen molar-refractivity contribution in [1.82, 2.24) is 5.32 Å². The van der Waals surface area contributed by atoms with Crippen molar-refractivity contribution in [2.24, 2.45) is 5.41 Å². The molecule has 0 saturated carbocycles. The highest BCUT2D eigenvalue weighted by atomic mass is 16.5. The first-order valence-electron chi connectivity index (χ1n) is 11.4. The summed E-state index contributed by atoms with van der Waals surface area (Å²) in [6, 6.07) is 6.76. The molecular formula is C26H39NO. The zero-order valence-corrected chi connectivity index (χ0v) is 18.1. The van der Waals surface area contributed by atoms with E-state index in [0.29, 0.717) is 5.41 Å². The highest BCUT2D eigenvalue weighted by molar-refractivity contribution is 5.58. The lowest BCUT2D eigenvalue weighted by Crippen LogP contribution is -2.24. The Bertz CT molecular complexity index is 671. The Hall–Kier alpha value is -1.38. The van der Waals surface area contributed by atoms with Gasteiger partial charge in [-0.05, 0) is 73.6 Å². The van der Waals surface area contributed by atoms with Crippen LogP contribution in [0, 0.1) is 5.41 Å². The van der Waals surface area contributed by atoms with E-state index >= 15 is 0 Å². The molecule has 154 valence electrons. The van der Waals surface area contributed by atoms with Gasteiger partial charge in [0.15, 0.2) is 0 Å². The van der Waals surface area contributed by atoms with Crippen molar-refractivity contribution in [2.75, 3.05) is 13.1 Å². The Kier molecular flexibility index (Phi) is 7.54. The Morgan fingerprint density at radius 1 is 1.11 bits per heavy atom. The summed E-state index contributed by atoms with van der Waals surface area (Å²) < 4.78 is 6.44. The normalized spacial score (nSPS) is 26.8. The lowest BCUT2D eigenvalue weighted by Gasteiger charge is -2.29. The summed E-state index contributed by atoms with van der Waals surface area (Å²) >= 11 is 0. The molecule has 2 heteroatoms. The lowest BCUT2D eigenvalue weighted by molar-refractivity contribution is -0.0506. The molecule has 3 rings (SSSR count). The number of allylic oxidation sites excluding steroid dienone is 2. The second-order valence-corrected chi connectivity index (χ2v) is 8.85. The van der Waals surface area contributed by atoms with Gasteiger partial charge in [0.2, 0.25) is 0 Å². The molecule has 1 saturated heterocycles. The van der Waals surface area contributed by atoms with Crippen LogP contribution in [-0.4, -0.2) is 13.1 Å². The van der Waals surface area contributed by atoms with E-state index in [9.17, 15) is 0 Å². The van der Waals surface area contributed by atoms with Gasteiger partial charge in [-0.15, -0.1) is 6.58 Å². The number of nitrogens with one attached hydrogen (secondary N) is 1. The van der Waals surface area contributed by atoms with Crippen molar-refractivity contribution in [2.45, 2.75) is 83.8 Å². The second kappa shape index (κ2) is 9.89. The first kappa shape index (κ1) is 21.3. The van der Waals surface area contributed by atoms with Gasteiger partial charge in [-0.1, -0.05) is 63.1 Å². The smallest absolute Gasteiger partial charge is 0.0942 e. The van der Waals surface area contributed by atoms with Crippen LogP contribution in [0.15, 0.2) is 36.9 Å². The van der Waals surface area contributed by atoms with Gasteiger partial charge in [-0.2, -0.15) is 0 Å². The second-order valence-electron chi connectivity index (χ2n) is 8.85. The van der Waals surface area contributed by atoms with Crippen LogP contribution in [0.3, 0.4) is 0 Å². The summed E-state index contributed by atoms with van der Waals surface area (Å²) in [6.45, 7) is 11.6. The largest absolute Gasteiger partial charge is 0.366 e. The average Bonchev–Trinajstić information content (AvgIpc) is 3.31. The third-order valence-electron chi connectivity index (χ3n) is 6.85. The summed E-state index contributed by atoms with van der Waals surface area (Å²) in [7, 11) is 0. The topological polar surface area (TPSA) is 21.3 Å². The van der Waals surface area contributed by atoms with Crippen molar-refractivity contribution >= 4 is 6.08 Å². The molecule has 28 heavy (non-hydrogen) atoms. The van der Waals surface area contributed by atoms with Gasteiger partial charge < -0.3 is 10.1 Å². The minimum Gasteiger partial charge on any atom is -0.366 e. The van der Waals surface area contributed by atoms with Gasteiger partial charge in [0.1, 0.15) is 0 Å². The maximum absolute atomic E-state index is 6.44. The van der Waals surface area contributed by atoms with Crippen molar-refractivity contribution < 1.29 is 4.74 Å². The van der Waals surface area contributed by atoms with Crippen LogP contribution >= 0.6 is 0 Å². The van der Waals surface area contributed by atoms with E-state index in [-0.39, 0.29) is 5.60 Å². The highest BCUT2D eigenvalue weighted by Gasteiger charge is 2.39. The molecule has 0 amide bonds. The monoisotopic (exact) mass is 381 g/mol. The molecule has 1 aromatic rings. The van der Waals surface area contributed by atoms with Crippen LogP contribution < -0.4 is 5.32 Å². The Morgan fingerprint density at radius 2 is 1.96 bits per heavy atom. The highest BCUT2D eigenvalue weighted by Crippen LogP contribution is 2.45. The van der Waals surface area contributed by atoms with Crippen LogP contribution in [0.1, 0.15) is 88.3 Å². The van der Waals surface area contributed by atoms with Gasteiger partial charge in [0, 0.05) is 6.54 Å². The molecule has 2 atom stereocenters. The Labute approximate surface area is 172 Å². The molecule has 2 unspecified atom stereocenters. The summed E-state index contributed by atoms with van der Waals surface area (Å²) in [5, 5.41) is 3.58. The van der Waals surface area contributed by atoms with Crippen LogP contribution in [0.4, 0.5) is 0 Å². The summed E-state index contributed by atoms with van der Waals surface area (Å²) in [6.07, 6.45) is 17.5. The van der Waals surface area contributed by atoms with Crippen LogP contribution in [0.5, 0.6) is 0 Å². The van der Waals surface area contributed by atoms with Crippen molar-refractivity contribution in [3.8, 4) is 0 Å². The van der Waals surface area contributed by atoms with E-state index in [1.165, 1.54) is 61.9 Å². The summed E-state index contributed by atoms with van der Waals surface area (Å²) in [4.78, 5) is 0. The molecule has 0 bridgehead atoms. The molecule has 0 radical (unpaired) electrons. The third-order valence-corrected chi connectivity index (χ3v) is 6.85. The van der Waals surface area contributed by atoms with E-state index in [1.807, 2.05) is 6.08 Å². The van der Waals surface area contributed by atoms with E-state index in [0.717, 1.165) is 32.3 Å². The van der Waals surface area contributed by atoms with Gasteiger partial charge in [-0.3, -0.25) is 0 Å². The fraction of sp³-hybridized carbons (Fsp3) is 0.615. The average molecular weight is 382 g/mol. The predicted molar refractivity (Wildman–Crippen MR) is 120 cm³/mol. The molecule has 0 aliphatic carbocycles. The molecule has 2 aliphatic heterocycles. The number of fused-ring (bicyclic) bond motifs is 1. The third kappa shape index (κ3) is 4.60. The van der Waals surface area contributed by atoms with Crippen molar-refractivity contribution in [3.63, 3.8) is 0 Å². The van der Waals surface area contributed by atoms with E-state index in [2.05, 4.69) is 56.1 Å². The molecule has 2 heterocycles. The molecule has 0 spiro atoms. The van der Waals surface area contributed by atoms with E-state index in [1.54, 1.807) is 0 Å². The first-order chi connectivity index (χ1) is 13.7. The van der Waals surface area contributed by atoms with Crippen LogP contribution in [-0.2, 0) is 16.9 Å². The number of rotatable bonds is 11. The standard InChI is InChI=1S/C26H39NO/c1-4-7-17-26(15-6-3)24-13-10-12-22(23(24)20-28-26)11-8-9-16-25(14-5-2)18-19-27-21-25/h4,8,10-13,27H,1,5-7,9,14-21H2,2-3H3/b11-8+. The molecule has 0 aromatic heterocycles. The molecule has 1 fully saturated rings. The molecule has 2 aliphatic rings. The fourth-order valence-electron chi connectivity index (χ4n) is 5.39. The Balaban J connectivity index is 1.71. The predicted octanol–water partition coefficient (Wildman–Crippen LogP) is 6.75. The number of hydrogen-bond donors (Lipinski definition) is 1. The number of hydrogen-bond acceptors (Lipinski definition) is 2.